The highest BCUT2D eigenvalue weighted by Crippen LogP contribution is 2.50. The zero-order valence-corrected chi connectivity index (χ0v) is 16.7. The number of methoxy groups -OCH3 is 1. The number of benzene rings is 1. The van der Waals surface area contributed by atoms with E-state index >= 15 is 0 Å². The first-order chi connectivity index (χ1) is 9.43. The van der Waals surface area contributed by atoms with Crippen molar-refractivity contribution in [2.24, 2.45) is 0 Å². The summed E-state index contributed by atoms with van der Waals surface area (Å²) in [5.74, 6) is 0.545. The Balaban J connectivity index is 2.89. The second-order valence-electron chi connectivity index (χ2n) is 3.34. The second kappa shape index (κ2) is 8.41. The molecule has 110 valence electrons. The third-order valence-corrected chi connectivity index (χ3v) is 6.82. The van der Waals surface area contributed by atoms with E-state index in [9.17, 15) is 4.79 Å². The van der Waals surface area contributed by atoms with Gasteiger partial charge in [-0.2, -0.15) is 0 Å². The van der Waals surface area contributed by atoms with E-state index in [1.54, 1.807) is 0 Å². The molecule has 8 heteroatoms. The van der Waals surface area contributed by atoms with Crippen LogP contribution in [0.2, 0.25) is 0 Å². The molecule has 0 amide bonds. The summed E-state index contributed by atoms with van der Waals surface area (Å²) in [5.41, 5.74) is 0. The van der Waals surface area contributed by atoms with Crippen LogP contribution in [0.1, 0.15) is 0 Å². The highest BCUT2D eigenvalue weighted by atomic mass is 79.9. The van der Waals surface area contributed by atoms with Gasteiger partial charge in [0.15, 0.2) is 11.5 Å². The van der Waals surface area contributed by atoms with Crippen LogP contribution in [0.4, 0.5) is 0 Å². The standard InChI is InChI=1S/C12H10Br4O4/c1-3-6(17)19-4-5-20-12-10(16)8(14)7(13)9(15)11(12)18-2/h3H,1,4-5H2,2H3. The van der Waals surface area contributed by atoms with E-state index < -0.39 is 5.97 Å². The molecule has 0 aliphatic rings. The number of carbonyl (C=O) groups excluding carboxylic acids is 1. The number of esters is 1. The van der Waals surface area contributed by atoms with Gasteiger partial charge in [0, 0.05) is 6.08 Å². The molecule has 0 heterocycles. The van der Waals surface area contributed by atoms with Crippen LogP contribution in [-0.4, -0.2) is 26.3 Å². The lowest BCUT2D eigenvalue weighted by Gasteiger charge is -2.16. The molecule has 0 radical (unpaired) electrons. The van der Waals surface area contributed by atoms with Crippen molar-refractivity contribution in [2.45, 2.75) is 0 Å². The molecule has 0 saturated heterocycles. The fraction of sp³-hybridized carbons (Fsp3) is 0.250. The van der Waals surface area contributed by atoms with Crippen LogP contribution < -0.4 is 9.47 Å². The average molecular weight is 538 g/mol. The number of rotatable bonds is 6. The first-order valence-corrected chi connectivity index (χ1v) is 8.43. The summed E-state index contributed by atoms with van der Waals surface area (Å²) in [6.45, 7) is 3.62. The smallest absolute Gasteiger partial charge is 0.330 e. The first-order valence-electron chi connectivity index (χ1n) is 5.25. The Kier molecular flexibility index (Phi) is 7.57. The van der Waals surface area contributed by atoms with Crippen LogP contribution in [0.5, 0.6) is 11.5 Å². The monoisotopic (exact) mass is 534 g/mol. The normalized spacial score (nSPS) is 10.1. The lowest BCUT2D eigenvalue weighted by molar-refractivity contribution is -0.138. The minimum Gasteiger partial charge on any atom is -0.492 e. The largest absolute Gasteiger partial charge is 0.492 e. The van der Waals surface area contributed by atoms with E-state index in [2.05, 4.69) is 70.3 Å². The van der Waals surface area contributed by atoms with Crippen LogP contribution in [0.25, 0.3) is 0 Å². The Morgan fingerprint density at radius 3 is 2.10 bits per heavy atom. The molecule has 1 aromatic carbocycles. The molecule has 0 unspecified atom stereocenters. The molecule has 20 heavy (non-hydrogen) atoms. The van der Waals surface area contributed by atoms with E-state index in [-0.39, 0.29) is 13.2 Å². The summed E-state index contributed by atoms with van der Waals surface area (Å²) in [4.78, 5) is 10.9. The topological polar surface area (TPSA) is 44.8 Å². The highest BCUT2D eigenvalue weighted by Gasteiger charge is 2.21. The van der Waals surface area contributed by atoms with Gasteiger partial charge < -0.3 is 14.2 Å². The van der Waals surface area contributed by atoms with Gasteiger partial charge in [-0.25, -0.2) is 4.79 Å². The SMILES string of the molecule is C=CC(=O)OCCOc1c(Br)c(Br)c(Br)c(Br)c1OC. The van der Waals surface area contributed by atoms with Gasteiger partial charge in [-0.1, -0.05) is 6.58 Å². The van der Waals surface area contributed by atoms with Crippen molar-refractivity contribution in [3.63, 3.8) is 0 Å². The molecule has 0 atom stereocenters. The lowest BCUT2D eigenvalue weighted by atomic mass is 10.3. The van der Waals surface area contributed by atoms with Gasteiger partial charge in [0.25, 0.3) is 0 Å². The number of halogens is 4. The van der Waals surface area contributed by atoms with Crippen molar-refractivity contribution >= 4 is 69.7 Å². The highest BCUT2D eigenvalue weighted by molar-refractivity contribution is 9.15. The zero-order valence-electron chi connectivity index (χ0n) is 10.3. The van der Waals surface area contributed by atoms with Crippen molar-refractivity contribution in [1.82, 2.24) is 0 Å². The van der Waals surface area contributed by atoms with Gasteiger partial charge in [0.1, 0.15) is 13.2 Å². The van der Waals surface area contributed by atoms with E-state index in [1.807, 2.05) is 0 Å². The summed E-state index contributed by atoms with van der Waals surface area (Å²) >= 11 is 13.7. The third-order valence-electron chi connectivity index (χ3n) is 2.13. The third kappa shape index (κ3) is 4.22. The van der Waals surface area contributed by atoms with Gasteiger partial charge in [-0.3, -0.25) is 0 Å². The first kappa shape index (κ1) is 18.0. The van der Waals surface area contributed by atoms with Gasteiger partial charge in [0.05, 0.1) is 25.0 Å². The molecule has 0 saturated carbocycles. The van der Waals surface area contributed by atoms with Crippen molar-refractivity contribution in [3.05, 3.63) is 30.5 Å². The van der Waals surface area contributed by atoms with Crippen LogP contribution in [0, 0.1) is 0 Å². The van der Waals surface area contributed by atoms with Gasteiger partial charge in [-0.15, -0.1) is 0 Å². The maximum Gasteiger partial charge on any atom is 0.330 e. The fourth-order valence-corrected chi connectivity index (χ4v) is 3.57. The van der Waals surface area contributed by atoms with Crippen LogP contribution in [0.15, 0.2) is 30.5 Å². The molecular weight excluding hydrogens is 528 g/mol. The predicted molar refractivity (Wildman–Crippen MR) is 90.4 cm³/mol. The van der Waals surface area contributed by atoms with Crippen molar-refractivity contribution in [1.29, 1.82) is 0 Å². The number of hydrogen-bond donors (Lipinski definition) is 0. The maximum absolute atomic E-state index is 10.9. The lowest BCUT2D eigenvalue weighted by Crippen LogP contribution is -2.11. The summed E-state index contributed by atoms with van der Waals surface area (Å²) in [6.07, 6.45) is 1.10. The minimum absolute atomic E-state index is 0.117. The van der Waals surface area contributed by atoms with Crippen molar-refractivity contribution < 1.29 is 19.0 Å². The second-order valence-corrected chi connectivity index (χ2v) is 6.51. The van der Waals surface area contributed by atoms with E-state index in [1.165, 1.54) is 7.11 Å². The molecular formula is C12H10Br4O4. The van der Waals surface area contributed by atoms with Crippen LogP contribution in [-0.2, 0) is 9.53 Å². The molecule has 4 nitrogen and oxygen atoms in total. The van der Waals surface area contributed by atoms with E-state index in [0.717, 1.165) is 15.0 Å². The maximum atomic E-state index is 10.9. The zero-order chi connectivity index (χ0) is 15.3. The molecule has 0 aromatic heterocycles. The van der Waals surface area contributed by atoms with Crippen molar-refractivity contribution in [3.8, 4) is 11.5 Å². The molecule has 0 fully saturated rings. The Labute approximate surface area is 150 Å². The molecule has 1 aromatic rings. The number of hydrogen-bond acceptors (Lipinski definition) is 4. The quantitative estimate of drug-likeness (QED) is 0.171. The van der Waals surface area contributed by atoms with Crippen LogP contribution >= 0.6 is 63.7 Å². The van der Waals surface area contributed by atoms with Gasteiger partial charge in [0.2, 0.25) is 0 Å². The van der Waals surface area contributed by atoms with Crippen LogP contribution in [0.3, 0.4) is 0 Å². The summed E-state index contributed by atoms with van der Waals surface area (Å²) in [5, 5.41) is 0. The van der Waals surface area contributed by atoms with E-state index in [0.29, 0.717) is 20.4 Å². The summed E-state index contributed by atoms with van der Waals surface area (Å²) in [6, 6.07) is 0. The van der Waals surface area contributed by atoms with E-state index in [4.69, 9.17) is 14.2 Å². The Hall–Kier alpha value is -0.0500. The molecule has 0 bridgehead atoms. The average Bonchev–Trinajstić information content (AvgIpc) is 2.45. The Bertz CT molecular complexity index is 531. The molecule has 1 rings (SSSR count). The predicted octanol–water partition coefficient (Wildman–Crippen LogP) is 4.85. The number of carbonyl (C=O) groups is 1. The number of ether oxygens (including phenoxy) is 3. The molecule has 0 aliphatic carbocycles. The summed E-state index contributed by atoms with van der Waals surface area (Å²) < 4.78 is 18.7. The Morgan fingerprint density at radius 2 is 1.60 bits per heavy atom. The molecule has 0 N–H and O–H groups in total. The fourth-order valence-electron chi connectivity index (χ4n) is 1.25. The van der Waals surface area contributed by atoms with Gasteiger partial charge in [-0.05, 0) is 63.7 Å². The molecule has 0 spiro atoms. The van der Waals surface area contributed by atoms with Gasteiger partial charge >= 0.3 is 5.97 Å². The minimum atomic E-state index is -0.488. The molecule has 0 aliphatic heterocycles. The summed E-state index contributed by atoms with van der Waals surface area (Å²) in [7, 11) is 1.54. The van der Waals surface area contributed by atoms with Crippen molar-refractivity contribution in [2.75, 3.05) is 20.3 Å². The Morgan fingerprint density at radius 1 is 1.05 bits per heavy atom.